The van der Waals surface area contributed by atoms with Crippen molar-refractivity contribution < 1.29 is 24.2 Å². The van der Waals surface area contributed by atoms with E-state index in [-0.39, 0.29) is 12.6 Å². The second kappa shape index (κ2) is 7.79. The number of carbonyl (C=O) groups excluding carboxylic acids is 2. The van der Waals surface area contributed by atoms with Gasteiger partial charge in [-0.15, -0.1) is 0 Å². The van der Waals surface area contributed by atoms with Gasteiger partial charge in [0.2, 0.25) is 0 Å². The summed E-state index contributed by atoms with van der Waals surface area (Å²) in [4.78, 5) is 23.6. The number of aliphatic hydroxyl groups excluding tert-OH is 1. The molecule has 0 bridgehead atoms. The first-order valence-electron chi connectivity index (χ1n) is 7.33. The minimum absolute atomic E-state index is 0.158. The Morgan fingerprint density at radius 2 is 2.00 bits per heavy atom. The van der Waals surface area contributed by atoms with E-state index >= 15 is 0 Å². The lowest BCUT2D eigenvalue weighted by molar-refractivity contribution is -0.148. The van der Waals surface area contributed by atoms with E-state index < -0.39 is 24.2 Å². The van der Waals surface area contributed by atoms with Crippen LogP contribution in [0.5, 0.6) is 0 Å². The largest absolute Gasteiger partial charge is 0.469 e. The average molecular weight is 307 g/mol. The number of ether oxygens (including phenoxy) is 2. The van der Waals surface area contributed by atoms with Gasteiger partial charge in [0.1, 0.15) is 6.61 Å². The van der Waals surface area contributed by atoms with Crippen molar-refractivity contribution in [3.8, 4) is 0 Å². The lowest BCUT2D eigenvalue weighted by Crippen LogP contribution is -2.48. The normalized spacial score (nSPS) is 24.4. The second-order valence-corrected chi connectivity index (χ2v) is 5.41. The monoisotopic (exact) mass is 307 g/mol. The van der Waals surface area contributed by atoms with Crippen LogP contribution in [0.25, 0.3) is 0 Å². The summed E-state index contributed by atoms with van der Waals surface area (Å²) in [5, 5.41) is 12.4. The highest BCUT2D eigenvalue weighted by atomic mass is 16.5. The molecule has 1 fully saturated rings. The zero-order valence-corrected chi connectivity index (χ0v) is 12.5. The van der Waals surface area contributed by atoms with E-state index in [1.54, 1.807) is 0 Å². The van der Waals surface area contributed by atoms with Crippen LogP contribution in [0.4, 0.5) is 4.79 Å². The van der Waals surface area contributed by atoms with Gasteiger partial charge in [0.15, 0.2) is 0 Å². The molecule has 2 rings (SSSR count). The van der Waals surface area contributed by atoms with Gasteiger partial charge in [0, 0.05) is 6.04 Å². The van der Waals surface area contributed by atoms with Crippen molar-refractivity contribution in [3.63, 3.8) is 0 Å². The van der Waals surface area contributed by atoms with Crippen LogP contribution >= 0.6 is 0 Å². The number of carbonyl (C=O) groups is 2. The SMILES string of the molecule is COC(=O)[C@H]1CC[C@@H](O)C[C@H]1NC(=O)OCc1ccccc1. The molecular formula is C16H21NO5. The van der Waals surface area contributed by atoms with Gasteiger partial charge in [0.25, 0.3) is 0 Å². The van der Waals surface area contributed by atoms with Crippen molar-refractivity contribution in [1.82, 2.24) is 5.32 Å². The van der Waals surface area contributed by atoms with Crippen LogP contribution in [0.1, 0.15) is 24.8 Å². The topological polar surface area (TPSA) is 84.9 Å². The van der Waals surface area contributed by atoms with E-state index in [0.29, 0.717) is 19.3 Å². The Labute approximate surface area is 129 Å². The number of hydrogen-bond donors (Lipinski definition) is 2. The molecule has 1 aliphatic rings. The van der Waals surface area contributed by atoms with E-state index in [1.165, 1.54) is 7.11 Å². The number of alkyl carbamates (subject to hydrolysis) is 1. The fourth-order valence-corrected chi connectivity index (χ4v) is 2.66. The first-order valence-corrected chi connectivity index (χ1v) is 7.33. The molecule has 1 amide bonds. The van der Waals surface area contributed by atoms with Gasteiger partial charge >= 0.3 is 12.1 Å². The standard InChI is InChI=1S/C16H21NO5/c1-21-15(19)13-8-7-12(18)9-14(13)17-16(20)22-10-11-5-3-2-4-6-11/h2-6,12-14,18H,7-10H2,1H3,(H,17,20)/t12-,13+,14-/m1/s1. The van der Waals surface area contributed by atoms with Crippen LogP contribution in [0.15, 0.2) is 30.3 Å². The summed E-state index contributed by atoms with van der Waals surface area (Å²) in [6.45, 7) is 0.158. The number of rotatable bonds is 4. The molecule has 6 nitrogen and oxygen atoms in total. The smallest absolute Gasteiger partial charge is 0.407 e. The summed E-state index contributed by atoms with van der Waals surface area (Å²) < 4.78 is 9.90. The van der Waals surface area contributed by atoms with Gasteiger partial charge in [-0.1, -0.05) is 30.3 Å². The number of amides is 1. The fraction of sp³-hybridized carbons (Fsp3) is 0.500. The number of methoxy groups -OCH3 is 1. The minimum Gasteiger partial charge on any atom is -0.469 e. The van der Waals surface area contributed by atoms with Gasteiger partial charge in [-0.25, -0.2) is 4.79 Å². The maximum atomic E-state index is 11.9. The molecule has 0 heterocycles. The highest BCUT2D eigenvalue weighted by Crippen LogP contribution is 2.26. The molecule has 1 aromatic rings. The maximum Gasteiger partial charge on any atom is 0.407 e. The molecule has 1 aliphatic carbocycles. The molecule has 0 unspecified atom stereocenters. The van der Waals surface area contributed by atoms with Crippen LogP contribution in [-0.4, -0.2) is 36.4 Å². The molecular weight excluding hydrogens is 286 g/mol. The Morgan fingerprint density at radius 3 is 2.68 bits per heavy atom. The van der Waals surface area contributed by atoms with Crippen LogP contribution < -0.4 is 5.32 Å². The van der Waals surface area contributed by atoms with Gasteiger partial charge < -0.3 is 19.9 Å². The Balaban J connectivity index is 1.88. The van der Waals surface area contributed by atoms with Gasteiger partial charge in [0.05, 0.1) is 19.1 Å². The zero-order chi connectivity index (χ0) is 15.9. The van der Waals surface area contributed by atoms with Crippen molar-refractivity contribution in [1.29, 1.82) is 0 Å². The summed E-state index contributed by atoms with van der Waals surface area (Å²) in [6.07, 6.45) is 0.200. The van der Waals surface area contributed by atoms with Crippen molar-refractivity contribution in [2.24, 2.45) is 5.92 Å². The van der Waals surface area contributed by atoms with Gasteiger partial charge in [-0.2, -0.15) is 0 Å². The van der Waals surface area contributed by atoms with E-state index in [9.17, 15) is 14.7 Å². The Bertz CT molecular complexity index is 505. The molecule has 6 heteroatoms. The lowest BCUT2D eigenvalue weighted by atomic mass is 9.83. The number of nitrogens with one attached hydrogen (secondary N) is 1. The van der Waals surface area contributed by atoms with Crippen LogP contribution in [-0.2, 0) is 20.9 Å². The molecule has 0 spiro atoms. The third-order valence-electron chi connectivity index (χ3n) is 3.84. The average Bonchev–Trinajstić information content (AvgIpc) is 2.53. The van der Waals surface area contributed by atoms with E-state index in [1.807, 2.05) is 30.3 Å². The lowest BCUT2D eigenvalue weighted by Gasteiger charge is -2.32. The van der Waals surface area contributed by atoms with Gasteiger partial charge in [-0.3, -0.25) is 4.79 Å². The summed E-state index contributed by atoms with van der Waals surface area (Å²) in [6, 6.07) is 8.85. The molecule has 0 aromatic heterocycles. The molecule has 2 N–H and O–H groups in total. The summed E-state index contributed by atoms with van der Waals surface area (Å²) >= 11 is 0. The third kappa shape index (κ3) is 4.46. The quantitative estimate of drug-likeness (QED) is 0.826. The fourth-order valence-electron chi connectivity index (χ4n) is 2.66. The third-order valence-corrected chi connectivity index (χ3v) is 3.84. The van der Waals surface area contributed by atoms with Gasteiger partial charge in [-0.05, 0) is 24.8 Å². The highest BCUT2D eigenvalue weighted by Gasteiger charge is 2.36. The number of hydrogen-bond acceptors (Lipinski definition) is 5. The number of aliphatic hydroxyl groups is 1. The zero-order valence-electron chi connectivity index (χ0n) is 12.5. The molecule has 120 valence electrons. The molecule has 3 atom stereocenters. The number of esters is 1. The first kappa shape index (κ1) is 16.3. The van der Waals surface area contributed by atoms with E-state index in [2.05, 4.69) is 5.32 Å². The van der Waals surface area contributed by atoms with Crippen molar-refractivity contribution in [2.45, 2.75) is 38.0 Å². The second-order valence-electron chi connectivity index (χ2n) is 5.41. The predicted molar refractivity (Wildman–Crippen MR) is 78.9 cm³/mol. The van der Waals surface area contributed by atoms with E-state index in [4.69, 9.17) is 9.47 Å². The maximum absolute atomic E-state index is 11.9. The van der Waals surface area contributed by atoms with E-state index in [0.717, 1.165) is 5.56 Å². The van der Waals surface area contributed by atoms with Crippen molar-refractivity contribution in [2.75, 3.05) is 7.11 Å². The molecule has 22 heavy (non-hydrogen) atoms. The first-order chi connectivity index (χ1) is 10.6. The molecule has 1 saturated carbocycles. The van der Waals surface area contributed by atoms with Crippen LogP contribution in [0, 0.1) is 5.92 Å². The highest BCUT2D eigenvalue weighted by molar-refractivity contribution is 5.75. The molecule has 1 aromatic carbocycles. The molecule has 0 saturated heterocycles. The summed E-state index contributed by atoms with van der Waals surface area (Å²) in [5.74, 6) is -0.821. The van der Waals surface area contributed by atoms with Crippen LogP contribution in [0.3, 0.4) is 0 Å². The predicted octanol–water partition coefficient (Wildman–Crippen LogP) is 1.62. The Morgan fingerprint density at radius 1 is 1.27 bits per heavy atom. The molecule has 0 radical (unpaired) electrons. The Hall–Kier alpha value is -2.08. The van der Waals surface area contributed by atoms with Crippen LogP contribution in [0.2, 0.25) is 0 Å². The minimum atomic E-state index is -0.600. The van der Waals surface area contributed by atoms with Crippen molar-refractivity contribution in [3.05, 3.63) is 35.9 Å². The Kier molecular flexibility index (Phi) is 5.77. The summed E-state index contributed by atoms with van der Waals surface area (Å²) in [5.41, 5.74) is 0.880. The molecule has 0 aliphatic heterocycles. The number of benzene rings is 1. The van der Waals surface area contributed by atoms with Crippen molar-refractivity contribution >= 4 is 12.1 Å². The summed E-state index contributed by atoms with van der Waals surface area (Å²) in [7, 11) is 1.32.